The first kappa shape index (κ1) is 17.8. The first-order valence-corrected chi connectivity index (χ1v) is 9.45. The molecule has 1 fully saturated rings. The van der Waals surface area contributed by atoms with Crippen LogP contribution in [0.4, 0.5) is 9.52 Å². The number of hydrogen-bond donors (Lipinski definition) is 1. The van der Waals surface area contributed by atoms with E-state index in [-0.39, 0.29) is 18.3 Å². The molecule has 3 rings (SSSR count). The molecule has 1 aromatic heterocycles. The Balaban J connectivity index is 1.52. The Hall–Kier alpha value is -2.02. The second kappa shape index (κ2) is 8.38. The molecule has 1 heterocycles. The minimum Gasteiger partial charge on any atom is -0.352 e. The third-order valence-corrected chi connectivity index (χ3v) is 5.28. The number of nitrogens with one attached hydrogen (secondary N) is 1. The van der Waals surface area contributed by atoms with E-state index in [0.717, 1.165) is 23.5 Å². The van der Waals surface area contributed by atoms with Gasteiger partial charge in [-0.3, -0.25) is 4.79 Å². The average Bonchev–Trinajstić information content (AvgIpc) is 3.06. The van der Waals surface area contributed by atoms with E-state index in [1.54, 1.807) is 12.1 Å². The van der Waals surface area contributed by atoms with Crippen LogP contribution in [-0.2, 0) is 11.2 Å². The van der Waals surface area contributed by atoms with Crippen LogP contribution >= 0.6 is 11.5 Å². The molecule has 0 saturated heterocycles. The Morgan fingerprint density at radius 3 is 2.72 bits per heavy atom. The van der Waals surface area contributed by atoms with Crippen LogP contribution in [-0.4, -0.2) is 34.9 Å². The van der Waals surface area contributed by atoms with Crippen molar-refractivity contribution >= 4 is 22.6 Å². The lowest BCUT2D eigenvalue weighted by Crippen LogP contribution is -2.41. The molecular weight excluding hydrogens is 339 g/mol. The van der Waals surface area contributed by atoms with Crippen LogP contribution in [0.5, 0.6) is 0 Å². The normalized spacial score (nSPS) is 15.1. The van der Waals surface area contributed by atoms with Gasteiger partial charge in [0.15, 0.2) is 0 Å². The lowest BCUT2D eigenvalue weighted by Gasteiger charge is -2.24. The van der Waals surface area contributed by atoms with Crippen molar-refractivity contribution in [3.05, 3.63) is 41.5 Å². The van der Waals surface area contributed by atoms with Gasteiger partial charge in [0.25, 0.3) is 0 Å². The molecule has 134 valence electrons. The van der Waals surface area contributed by atoms with Gasteiger partial charge in [0.05, 0.1) is 6.54 Å². The quantitative estimate of drug-likeness (QED) is 0.858. The summed E-state index contributed by atoms with van der Waals surface area (Å²) >= 11 is 1.28. The number of amides is 1. The fraction of sp³-hybridized carbons (Fsp3) is 0.500. The smallest absolute Gasteiger partial charge is 0.239 e. The van der Waals surface area contributed by atoms with Gasteiger partial charge in [-0.25, -0.2) is 9.37 Å². The SMILES string of the molecule is CN(CC(=O)NC1CCCCC1)c1nc(Cc2ccc(F)cc2)ns1. The maximum atomic E-state index is 13.0. The number of likely N-dealkylation sites (N-methyl/N-ethyl adjacent to an activating group) is 1. The van der Waals surface area contributed by atoms with Crippen molar-refractivity contribution in [2.45, 2.75) is 44.6 Å². The largest absolute Gasteiger partial charge is 0.352 e. The molecule has 1 saturated carbocycles. The highest BCUT2D eigenvalue weighted by molar-refractivity contribution is 7.09. The van der Waals surface area contributed by atoms with Crippen LogP contribution in [0.25, 0.3) is 0 Å². The first-order valence-electron chi connectivity index (χ1n) is 8.67. The summed E-state index contributed by atoms with van der Waals surface area (Å²) < 4.78 is 17.3. The van der Waals surface area contributed by atoms with Crippen LogP contribution in [0, 0.1) is 5.82 Å². The summed E-state index contributed by atoms with van der Waals surface area (Å²) in [4.78, 5) is 18.5. The van der Waals surface area contributed by atoms with E-state index in [9.17, 15) is 9.18 Å². The molecule has 1 aliphatic rings. The van der Waals surface area contributed by atoms with Gasteiger partial charge in [0.2, 0.25) is 11.0 Å². The summed E-state index contributed by atoms with van der Waals surface area (Å²) in [5.41, 5.74) is 0.962. The average molecular weight is 362 g/mol. The number of hydrogen-bond acceptors (Lipinski definition) is 5. The van der Waals surface area contributed by atoms with Gasteiger partial charge in [0, 0.05) is 31.0 Å². The summed E-state index contributed by atoms with van der Waals surface area (Å²) in [5.74, 6) is 0.468. The van der Waals surface area contributed by atoms with Gasteiger partial charge in [-0.05, 0) is 30.5 Å². The summed E-state index contributed by atoms with van der Waals surface area (Å²) in [6.07, 6.45) is 6.38. The number of aromatic nitrogens is 2. The molecule has 25 heavy (non-hydrogen) atoms. The molecule has 0 radical (unpaired) electrons. The fourth-order valence-corrected chi connectivity index (χ4v) is 3.70. The molecule has 0 aliphatic heterocycles. The van der Waals surface area contributed by atoms with E-state index in [0.29, 0.717) is 18.3 Å². The fourth-order valence-electron chi connectivity index (χ4n) is 3.06. The third-order valence-electron chi connectivity index (χ3n) is 4.41. The molecule has 1 N–H and O–H groups in total. The van der Waals surface area contributed by atoms with Crippen molar-refractivity contribution in [1.82, 2.24) is 14.7 Å². The van der Waals surface area contributed by atoms with Gasteiger partial charge >= 0.3 is 0 Å². The van der Waals surface area contributed by atoms with Gasteiger partial charge in [-0.1, -0.05) is 31.4 Å². The second-order valence-electron chi connectivity index (χ2n) is 6.55. The van der Waals surface area contributed by atoms with Crippen molar-refractivity contribution < 1.29 is 9.18 Å². The number of nitrogens with zero attached hydrogens (tertiary/aromatic N) is 3. The van der Waals surface area contributed by atoms with Gasteiger partial charge in [-0.15, -0.1) is 0 Å². The Morgan fingerprint density at radius 1 is 1.28 bits per heavy atom. The number of carbonyl (C=O) groups excluding carboxylic acids is 1. The van der Waals surface area contributed by atoms with Crippen molar-refractivity contribution in [2.75, 3.05) is 18.5 Å². The zero-order valence-electron chi connectivity index (χ0n) is 14.4. The second-order valence-corrected chi connectivity index (χ2v) is 7.29. The maximum absolute atomic E-state index is 13.0. The molecule has 1 aliphatic carbocycles. The topological polar surface area (TPSA) is 58.1 Å². The van der Waals surface area contributed by atoms with Gasteiger partial charge in [0.1, 0.15) is 11.6 Å². The lowest BCUT2D eigenvalue weighted by atomic mass is 9.95. The van der Waals surface area contributed by atoms with Gasteiger partial charge in [-0.2, -0.15) is 4.37 Å². The lowest BCUT2D eigenvalue weighted by molar-refractivity contribution is -0.120. The summed E-state index contributed by atoms with van der Waals surface area (Å²) in [7, 11) is 1.85. The maximum Gasteiger partial charge on any atom is 0.239 e. The number of anilines is 1. The highest BCUT2D eigenvalue weighted by Crippen LogP contribution is 2.19. The molecule has 2 aromatic rings. The summed E-state index contributed by atoms with van der Waals surface area (Å²) in [6.45, 7) is 0.279. The molecular formula is C18H23FN4OS. The molecule has 1 amide bonds. The molecule has 7 heteroatoms. The molecule has 0 unspecified atom stereocenters. The van der Waals surface area contributed by atoms with E-state index in [2.05, 4.69) is 14.7 Å². The Kier molecular flexibility index (Phi) is 5.96. The predicted molar refractivity (Wildman–Crippen MR) is 97.4 cm³/mol. The Bertz CT molecular complexity index is 697. The van der Waals surface area contributed by atoms with Crippen molar-refractivity contribution in [1.29, 1.82) is 0 Å². The first-order chi connectivity index (χ1) is 12.1. The van der Waals surface area contributed by atoms with Crippen LogP contribution < -0.4 is 10.2 Å². The van der Waals surface area contributed by atoms with E-state index in [4.69, 9.17) is 0 Å². The van der Waals surface area contributed by atoms with Crippen LogP contribution in [0.2, 0.25) is 0 Å². The van der Waals surface area contributed by atoms with Gasteiger partial charge < -0.3 is 10.2 Å². The standard InChI is InChI=1S/C18H23FN4OS/c1-23(12-17(24)20-15-5-3-2-4-6-15)18-21-16(22-25-18)11-13-7-9-14(19)10-8-13/h7-10,15H,2-6,11-12H2,1H3,(H,20,24). The molecule has 0 atom stereocenters. The van der Waals surface area contributed by atoms with E-state index in [1.807, 2.05) is 11.9 Å². The summed E-state index contributed by atoms with van der Waals surface area (Å²) in [6, 6.07) is 6.65. The predicted octanol–water partition coefficient (Wildman–Crippen LogP) is 3.15. The monoisotopic (exact) mass is 362 g/mol. The van der Waals surface area contributed by atoms with E-state index >= 15 is 0 Å². The number of rotatable bonds is 6. The van der Waals surface area contributed by atoms with Crippen molar-refractivity contribution in [2.24, 2.45) is 0 Å². The van der Waals surface area contributed by atoms with E-state index < -0.39 is 0 Å². The van der Waals surface area contributed by atoms with Crippen LogP contribution in [0.15, 0.2) is 24.3 Å². The summed E-state index contributed by atoms with van der Waals surface area (Å²) in [5, 5.41) is 3.83. The van der Waals surface area contributed by atoms with Crippen molar-refractivity contribution in [3.63, 3.8) is 0 Å². The highest BCUT2D eigenvalue weighted by atomic mass is 32.1. The third kappa shape index (κ3) is 5.22. The minimum atomic E-state index is -0.251. The number of benzene rings is 1. The molecule has 0 bridgehead atoms. The minimum absolute atomic E-state index is 0.0321. The van der Waals surface area contributed by atoms with Crippen LogP contribution in [0.3, 0.4) is 0 Å². The Labute approximate surface area is 151 Å². The zero-order valence-corrected chi connectivity index (χ0v) is 15.2. The zero-order chi connectivity index (χ0) is 17.6. The molecule has 0 spiro atoms. The Morgan fingerprint density at radius 2 is 2.00 bits per heavy atom. The number of halogens is 1. The highest BCUT2D eigenvalue weighted by Gasteiger charge is 2.18. The van der Waals surface area contributed by atoms with Crippen LogP contribution in [0.1, 0.15) is 43.5 Å². The molecule has 1 aromatic carbocycles. The molecule has 5 nitrogen and oxygen atoms in total. The van der Waals surface area contributed by atoms with E-state index in [1.165, 1.54) is 42.9 Å². The number of carbonyl (C=O) groups is 1. The van der Waals surface area contributed by atoms with Crippen molar-refractivity contribution in [3.8, 4) is 0 Å².